The number of methoxy groups -OCH3 is 2. The number of hydrogen-bond donors (Lipinski definition) is 2. The van der Waals surface area contributed by atoms with Crippen LogP contribution in [0.15, 0.2) is 6.07 Å². The van der Waals surface area contributed by atoms with E-state index in [1.807, 2.05) is 13.0 Å². The molecule has 4 heteroatoms. The molecular formula is C15H24N2O2. The SMILES string of the molecule is COc1cc(NCC2(CN)CC2)c(OC)c(C)c1C. The zero-order valence-corrected chi connectivity index (χ0v) is 12.3. The van der Waals surface area contributed by atoms with Crippen LogP contribution in [0.1, 0.15) is 24.0 Å². The fourth-order valence-corrected chi connectivity index (χ4v) is 2.38. The second-order valence-electron chi connectivity index (χ2n) is 5.47. The maximum absolute atomic E-state index is 5.82. The molecule has 0 aliphatic heterocycles. The minimum absolute atomic E-state index is 0.289. The second-order valence-corrected chi connectivity index (χ2v) is 5.47. The van der Waals surface area contributed by atoms with Gasteiger partial charge in [-0.2, -0.15) is 0 Å². The standard InChI is InChI=1S/C15H24N2O2/c1-10-11(2)14(19-4)12(7-13(10)18-3)17-9-15(8-16)5-6-15/h7,17H,5-6,8-9,16H2,1-4H3. The summed E-state index contributed by atoms with van der Waals surface area (Å²) in [7, 11) is 3.40. The van der Waals surface area contributed by atoms with Gasteiger partial charge in [0.25, 0.3) is 0 Å². The van der Waals surface area contributed by atoms with Crippen molar-refractivity contribution in [3.8, 4) is 11.5 Å². The molecule has 2 rings (SSSR count). The quantitative estimate of drug-likeness (QED) is 0.828. The number of benzene rings is 1. The van der Waals surface area contributed by atoms with Crippen molar-refractivity contribution >= 4 is 5.69 Å². The van der Waals surface area contributed by atoms with Crippen molar-refractivity contribution in [3.05, 3.63) is 17.2 Å². The van der Waals surface area contributed by atoms with E-state index in [-0.39, 0.29) is 5.41 Å². The first-order chi connectivity index (χ1) is 9.06. The van der Waals surface area contributed by atoms with Gasteiger partial charge in [-0.15, -0.1) is 0 Å². The first-order valence-electron chi connectivity index (χ1n) is 6.73. The Balaban J connectivity index is 2.25. The molecule has 0 unspecified atom stereocenters. The third-order valence-electron chi connectivity index (χ3n) is 4.26. The Morgan fingerprint density at radius 3 is 2.37 bits per heavy atom. The molecule has 1 aromatic rings. The van der Waals surface area contributed by atoms with E-state index in [2.05, 4.69) is 12.2 Å². The predicted octanol–water partition coefficient (Wildman–Crippen LogP) is 2.47. The van der Waals surface area contributed by atoms with Crippen molar-refractivity contribution in [1.82, 2.24) is 0 Å². The zero-order chi connectivity index (χ0) is 14.0. The molecule has 106 valence electrons. The molecule has 1 fully saturated rings. The van der Waals surface area contributed by atoms with E-state index in [0.717, 1.165) is 41.4 Å². The van der Waals surface area contributed by atoms with Gasteiger partial charge in [-0.1, -0.05) is 0 Å². The smallest absolute Gasteiger partial charge is 0.145 e. The summed E-state index contributed by atoms with van der Waals surface area (Å²) in [6, 6.07) is 2.01. The van der Waals surface area contributed by atoms with Gasteiger partial charge in [0.2, 0.25) is 0 Å². The average molecular weight is 264 g/mol. The minimum atomic E-state index is 0.289. The Bertz CT molecular complexity index is 468. The number of ether oxygens (including phenoxy) is 2. The Labute approximate surface area is 115 Å². The summed E-state index contributed by atoms with van der Waals surface area (Å²) in [5, 5.41) is 3.48. The van der Waals surface area contributed by atoms with Gasteiger partial charge in [-0.05, 0) is 49.8 Å². The van der Waals surface area contributed by atoms with Crippen LogP contribution in [0, 0.1) is 19.3 Å². The van der Waals surface area contributed by atoms with Crippen LogP contribution < -0.4 is 20.5 Å². The fraction of sp³-hybridized carbons (Fsp3) is 0.600. The lowest BCUT2D eigenvalue weighted by molar-refractivity contribution is 0.399. The molecule has 0 saturated heterocycles. The second kappa shape index (κ2) is 5.29. The van der Waals surface area contributed by atoms with E-state index in [4.69, 9.17) is 15.2 Å². The molecule has 1 aromatic carbocycles. The van der Waals surface area contributed by atoms with E-state index in [0.29, 0.717) is 0 Å². The monoisotopic (exact) mass is 264 g/mol. The summed E-state index contributed by atoms with van der Waals surface area (Å²) in [6.45, 7) is 5.73. The Morgan fingerprint density at radius 2 is 1.89 bits per heavy atom. The van der Waals surface area contributed by atoms with E-state index in [1.54, 1.807) is 14.2 Å². The van der Waals surface area contributed by atoms with E-state index in [1.165, 1.54) is 12.8 Å². The molecule has 0 bridgehead atoms. The molecule has 1 aliphatic carbocycles. The van der Waals surface area contributed by atoms with Crippen LogP contribution in [0.5, 0.6) is 11.5 Å². The van der Waals surface area contributed by atoms with Gasteiger partial charge < -0.3 is 20.5 Å². The van der Waals surface area contributed by atoms with Crippen LogP contribution in [0.2, 0.25) is 0 Å². The summed E-state index contributed by atoms with van der Waals surface area (Å²) in [6.07, 6.45) is 2.42. The first kappa shape index (κ1) is 14.0. The van der Waals surface area contributed by atoms with E-state index >= 15 is 0 Å². The molecule has 0 aromatic heterocycles. The molecule has 1 saturated carbocycles. The van der Waals surface area contributed by atoms with Crippen LogP contribution in [-0.2, 0) is 0 Å². The number of hydrogen-bond acceptors (Lipinski definition) is 4. The van der Waals surface area contributed by atoms with Crippen molar-refractivity contribution < 1.29 is 9.47 Å². The number of nitrogens with two attached hydrogens (primary N) is 1. The zero-order valence-electron chi connectivity index (χ0n) is 12.3. The van der Waals surface area contributed by atoms with Gasteiger partial charge >= 0.3 is 0 Å². The molecule has 19 heavy (non-hydrogen) atoms. The molecule has 0 heterocycles. The normalized spacial score (nSPS) is 16.1. The summed E-state index contributed by atoms with van der Waals surface area (Å²) in [4.78, 5) is 0. The van der Waals surface area contributed by atoms with Crippen molar-refractivity contribution in [3.63, 3.8) is 0 Å². The van der Waals surface area contributed by atoms with Crippen LogP contribution in [0.25, 0.3) is 0 Å². The maximum Gasteiger partial charge on any atom is 0.145 e. The van der Waals surface area contributed by atoms with Crippen LogP contribution in [0.3, 0.4) is 0 Å². The highest BCUT2D eigenvalue weighted by atomic mass is 16.5. The van der Waals surface area contributed by atoms with Gasteiger partial charge in [0.1, 0.15) is 11.5 Å². The van der Waals surface area contributed by atoms with Gasteiger partial charge in [-0.3, -0.25) is 0 Å². The average Bonchev–Trinajstić information content (AvgIpc) is 3.20. The predicted molar refractivity (Wildman–Crippen MR) is 78.2 cm³/mol. The number of rotatable bonds is 6. The summed E-state index contributed by atoms with van der Waals surface area (Å²) in [5.74, 6) is 1.78. The highest BCUT2D eigenvalue weighted by Gasteiger charge is 2.41. The van der Waals surface area contributed by atoms with Gasteiger partial charge in [0.05, 0.1) is 19.9 Å². The largest absolute Gasteiger partial charge is 0.496 e. The topological polar surface area (TPSA) is 56.5 Å². The summed E-state index contributed by atoms with van der Waals surface area (Å²) < 4.78 is 10.9. The lowest BCUT2D eigenvalue weighted by Crippen LogP contribution is -2.24. The fourth-order valence-electron chi connectivity index (χ4n) is 2.38. The molecule has 0 atom stereocenters. The van der Waals surface area contributed by atoms with Crippen LogP contribution in [-0.4, -0.2) is 27.3 Å². The molecule has 4 nitrogen and oxygen atoms in total. The number of anilines is 1. The Hall–Kier alpha value is -1.42. The van der Waals surface area contributed by atoms with Crippen LogP contribution >= 0.6 is 0 Å². The molecule has 0 amide bonds. The lowest BCUT2D eigenvalue weighted by Gasteiger charge is -2.20. The molecule has 0 radical (unpaired) electrons. The maximum atomic E-state index is 5.82. The van der Waals surface area contributed by atoms with Gasteiger partial charge in [-0.25, -0.2) is 0 Å². The molecule has 3 N–H and O–H groups in total. The van der Waals surface area contributed by atoms with Gasteiger partial charge in [0.15, 0.2) is 0 Å². The van der Waals surface area contributed by atoms with E-state index < -0.39 is 0 Å². The minimum Gasteiger partial charge on any atom is -0.496 e. The summed E-state index contributed by atoms with van der Waals surface area (Å²) in [5.41, 5.74) is 9.32. The van der Waals surface area contributed by atoms with Crippen molar-refractivity contribution in [2.45, 2.75) is 26.7 Å². The van der Waals surface area contributed by atoms with Crippen molar-refractivity contribution in [1.29, 1.82) is 0 Å². The molecular weight excluding hydrogens is 240 g/mol. The van der Waals surface area contributed by atoms with Crippen molar-refractivity contribution in [2.24, 2.45) is 11.1 Å². The van der Waals surface area contributed by atoms with Crippen molar-refractivity contribution in [2.75, 3.05) is 32.6 Å². The Kier molecular flexibility index (Phi) is 3.90. The third kappa shape index (κ3) is 2.63. The lowest BCUT2D eigenvalue weighted by atomic mass is 10.0. The first-order valence-corrected chi connectivity index (χ1v) is 6.73. The number of nitrogens with one attached hydrogen (secondary N) is 1. The highest BCUT2D eigenvalue weighted by Crippen LogP contribution is 2.45. The highest BCUT2D eigenvalue weighted by molar-refractivity contribution is 5.66. The van der Waals surface area contributed by atoms with Gasteiger partial charge in [0, 0.05) is 12.6 Å². The Morgan fingerprint density at radius 1 is 1.21 bits per heavy atom. The summed E-state index contributed by atoms with van der Waals surface area (Å²) >= 11 is 0. The third-order valence-corrected chi connectivity index (χ3v) is 4.26. The van der Waals surface area contributed by atoms with E-state index in [9.17, 15) is 0 Å². The van der Waals surface area contributed by atoms with Crippen LogP contribution in [0.4, 0.5) is 5.69 Å². The molecule has 1 aliphatic rings. The molecule has 0 spiro atoms.